The molecule has 0 unspecified atom stereocenters. The molecule has 0 bridgehead atoms. The highest BCUT2D eigenvalue weighted by Crippen LogP contribution is 2.21. The van der Waals surface area contributed by atoms with Crippen LogP contribution in [0, 0.1) is 0 Å². The van der Waals surface area contributed by atoms with Crippen LogP contribution in [0.2, 0.25) is 0 Å². The van der Waals surface area contributed by atoms with Crippen LogP contribution in [0.5, 0.6) is 0 Å². The predicted molar refractivity (Wildman–Crippen MR) is 110 cm³/mol. The van der Waals surface area contributed by atoms with E-state index in [9.17, 15) is 14.4 Å². The van der Waals surface area contributed by atoms with Crippen molar-refractivity contribution in [2.24, 2.45) is 0 Å². The van der Waals surface area contributed by atoms with E-state index in [2.05, 4.69) is 26.3 Å². The lowest BCUT2D eigenvalue weighted by Crippen LogP contribution is -2.36. The van der Waals surface area contributed by atoms with E-state index in [-0.39, 0.29) is 23.7 Å². The van der Waals surface area contributed by atoms with Crippen molar-refractivity contribution in [3.63, 3.8) is 0 Å². The maximum atomic E-state index is 12.7. The summed E-state index contributed by atoms with van der Waals surface area (Å²) in [5.74, 6) is -0.814. The van der Waals surface area contributed by atoms with Gasteiger partial charge in [-0.1, -0.05) is 30.3 Å². The Hall–Kier alpha value is -3.26. The number of nitrogens with one attached hydrogen (secondary N) is 1. The molecule has 0 radical (unpaired) electrons. The predicted octanol–water partition coefficient (Wildman–Crippen LogP) is 2.71. The van der Waals surface area contributed by atoms with Crippen molar-refractivity contribution < 1.29 is 9.59 Å². The van der Waals surface area contributed by atoms with E-state index in [0.717, 1.165) is 9.15 Å². The van der Waals surface area contributed by atoms with E-state index in [1.807, 2.05) is 12.1 Å². The van der Waals surface area contributed by atoms with Gasteiger partial charge < -0.3 is 10.2 Å². The smallest absolute Gasteiger partial charge is 0.274 e. The van der Waals surface area contributed by atoms with Gasteiger partial charge in [0.25, 0.3) is 11.5 Å². The van der Waals surface area contributed by atoms with Crippen molar-refractivity contribution in [3.8, 4) is 5.69 Å². The summed E-state index contributed by atoms with van der Waals surface area (Å²) in [6, 6.07) is 18.6. The molecule has 7 nitrogen and oxygen atoms in total. The summed E-state index contributed by atoms with van der Waals surface area (Å²) in [5.41, 5.74) is 0.886. The molecule has 2 amide bonds. The fourth-order valence-electron chi connectivity index (χ4n) is 2.51. The monoisotopic (exact) mass is 440 g/mol. The zero-order valence-corrected chi connectivity index (χ0v) is 16.6. The lowest BCUT2D eigenvalue weighted by atomic mass is 10.3. The Morgan fingerprint density at radius 2 is 1.71 bits per heavy atom. The van der Waals surface area contributed by atoms with Crippen LogP contribution in [0.4, 0.5) is 5.69 Å². The molecule has 3 rings (SSSR count). The zero-order valence-electron chi connectivity index (χ0n) is 15.0. The Kier molecular flexibility index (Phi) is 6.00. The fourth-order valence-corrected chi connectivity index (χ4v) is 2.90. The molecule has 1 aromatic heterocycles. The minimum atomic E-state index is -0.466. The molecule has 0 spiro atoms. The Morgan fingerprint density at radius 3 is 2.43 bits per heavy atom. The molecule has 3 aromatic rings. The Labute approximate surface area is 169 Å². The number of carbonyl (C=O) groups excluding carboxylic acids is 2. The molecule has 0 aliphatic rings. The van der Waals surface area contributed by atoms with Gasteiger partial charge in [-0.2, -0.15) is 9.78 Å². The molecule has 0 aliphatic carbocycles. The molecule has 8 heteroatoms. The van der Waals surface area contributed by atoms with Crippen molar-refractivity contribution in [1.29, 1.82) is 0 Å². The number of benzene rings is 2. The van der Waals surface area contributed by atoms with E-state index < -0.39 is 5.91 Å². The molecular formula is C20H17BrN4O3. The van der Waals surface area contributed by atoms with Crippen LogP contribution in [0.1, 0.15) is 10.5 Å². The van der Waals surface area contributed by atoms with Gasteiger partial charge in [0.2, 0.25) is 5.91 Å². The molecule has 2 aromatic carbocycles. The number of hydrogen-bond donors (Lipinski definition) is 1. The molecule has 1 heterocycles. The zero-order chi connectivity index (χ0) is 20.1. The quantitative estimate of drug-likeness (QED) is 0.660. The second kappa shape index (κ2) is 8.62. The molecular weight excluding hydrogens is 424 g/mol. The van der Waals surface area contributed by atoms with Gasteiger partial charge in [0.1, 0.15) is 5.69 Å². The summed E-state index contributed by atoms with van der Waals surface area (Å²) in [5, 5.41) is 6.88. The molecule has 0 saturated carbocycles. The summed E-state index contributed by atoms with van der Waals surface area (Å²) < 4.78 is 1.90. The number of anilines is 1. The second-order valence-electron chi connectivity index (χ2n) is 5.99. The van der Waals surface area contributed by atoms with Gasteiger partial charge >= 0.3 is 0 Å². The third kappa shape index (κ3) is 4.52. The summed E-state index contributed by atoms with van der Waals surface area (Å²) in [7, 11) is 1.50. The summed E-state index contributed by atoms with van der Waals surface area (Å²) in [6.07, 6.45) is 0. The molecule has 0 atom stereocenters. The van der Waals surface area contributed by atoms with Crippen molar-refractivity contribution >= 4 is 33.4 Å². The summed E-state index contributed by atoms with van der Waals surface area (Å²) >= 11 is 3.36. The minimum Gasteiger partial charge on any atom is -0.331 e. The number of amides is 2. The molecule has 0 aliphatic heterocycles. The number of aromatic nitrogens is 2. The maximum Gasteiger partial charge on any atom is 0.274 e. The van der Waals surface area contributed by atoms with Crippen LogP contribution in [-0.4, -0.2) is 40.1 Å². The Morgan fingerprint density at radius 1 is 1.04 bits per heavy atom. The van der Waals surface area contributed by atoms with E-state index in [4.69, 9.17) is 0 Å². The van der Waals surface area contributed by atoms with Crippen molar-refractivity contribution in [2.75, 3.05) is 18.9 Å². The topological polar surface area (TPSA) is 84.3 Å². The van der Waals surface area contributed by atoms with Crippen molar-refractivity contribution in [3.05, 3.63) is 87.3 Å². The number of nitrogens with zero attached hydrogens (tertiary/aromatic N) is 3. The number of halogens is 1. The van der Waals surface area contributed by atoms with E-state index in [1.54, 1.807) is 42.5 Å². The second-order valence-corrected chi connectivity index (χ2v) is 6.85. The number of para-hydroxylation sites is 2. The maximum absolute atomic E-state index is 12.7. The third-order valence-corrected chi connectivity index (χ3v) is 4.59. The minimum absolute atomic E-state index is 0.0691. The summed E-state index contributed by atoms with van der Waals surface area (Å²) in [6.45, 7) is -0.160. The first-order chi connectivity index (χ1) is 13.5. The first kappa shape index (κ1) is 19.5. The van der Waals surface area contributed by atoms with E-state index in [0.29, 0.717) is 11.4 Å². The third-order valence-electron chi connectivity index (χ3n) is 3.90. The average molecular weight is 441 g/mol. The van der Waals surface area contributed by atoms with Gasteiger partial charge in [-0.15, -0.1) is 0 Å². The van der Waals surface area contributed by atoms with Gasteiger partial charge in [-0.3, -0.25) is 14.4 Å². The summed E-state index contributed by atoms with van der Waals surface area (Å²) in [4.78, 5) is 38.2. The molecule has 1 N–H and O–H groups in total. The normalized spacial score (nSPS) is 10.4. The van der Waals surface area contributed by atoms with Crippen LogP contribution in [0.15, 0.2) is 76.0 Å². The van der Waals surface area contributed by atoms with E-state index >= 15 is 0 Å². The van der Waals surface area contributed by atoms with Crippen molar-refractivity contribution in [1.82, 2.24) is 14.7 Å². The van der Waals surface area contributed by atoms with Crippen LogP contribution < -0.4 is 10.9 Å². The van der Waals surface area contributed by atoms with Gasteiger partial charge in [0, 0.05) is 17.6 Å². The number of rotatable bonds is 5. The van der Waals surface area contributed by atoms with Gasteiger partial charge in [-0.05, 0) is 46.3 Å². The fraction of sp³-hybridized carbons (Fsp3) is 0.100. The van der Waals surface area contributed by atoms with Gasteiger partial charge in [-0.25, -0.2) is 0 Å². The Bertz CT molecular complexity index is 1070. The lowest BCUT2D eigenvalue weighted by Gasteiger charge is -2.17. The van der Waals surface area contributed by atoms with Crippen LogP contribution in [0.25, 0.3) is 5.69 Å². The average Bonchev–Trinajstić information content (AvgIpc) is 2.70. The molecule has 0 fully saturated rings. The number of hydrogen-bond acceptors (Lipinski definition) is 4. The lowest BCUT2D eigenvalue weighted by molar-refractivity contribution is -0.116. The highest BCUT2D eigenvalue weighted by molar-refractivity contribution is 9.10. The number of carbonyl (C=O) groups is 2. The van der Waals surface area contributed by atoms with E-state index in [1.165, 1.54) is 24.1 Å². The standard InChI is InChI=1S/C20H17BrN4O3/c1-24(13-18(26)22-16-10-6-5-9-15(16)21)20(28)17-11-12-19(27)25(23-17)14-7-3-2-4-8-14/h2-12H,13H2,1H3,(H,22,26). The largest absolute Gasteiger partial charge is 0.331 e. The SMILES string of the molecule is CN(CC(=O)Nc1ccccc1Br)C(=O)c1ccc(=O)n(-c2ccccc2)n1. The first-order valence-electron chi connectivity index (χ1n) is 8.41. The molecule has 142 valence electrons. The van der Waals surface area contributed by atoms with Gasteiger partial charge in [0.15, 0.2) is 0 Å². The number of likely N-dealkylation sites (N-methyl/N-ethyl adjacent to an activating group) is 1. The highest BCUT2D eigenvalue weighted by atomic mass is 79.9. The molecule has 0 saturated heterocycles. The van der Waals surface area contributed by atoms with Crippen LogP contribution >= 0.6 is 15.9 Å². The Balaban J connectivity index is 1.74. The van der Waals surface area contributed by atoms with Gasteiger partial charge in [0.05, 0.1) is 17.9 Å². The molecule has 28 heavy (non-hydrogen) atoms. The van der Waals surface area contributed by atoms with Crippen LogP contribution in [0.3, 0.4) is 0 Å². The van der Waals surface area contributed by atoms with Crippen LogP contribution in [-0.2, 0) is 4.79 Å². The first-order valence-corrected chi connectivity index (χ1v) is 9.20. The highest BCUT2D eigenvalue weighted by Gasteiger charge is 2.18. The van der Waals surface area contributed by atoms with Crippen molar-refractivity contribution in [2.45, 2.75) is 0 Å².